The minimum Gasteiger partial charge on any atom is -0.480 e. The Morgan fingerprint density at radius 3 is 2.57 bits per heavy atom. The summed E-state index contributed by atoms with van der Waals surface area (Å²) in [5.41, 5.74) is 0. The Hall–Kier alpha value is -1.52. The van der Waals surface area contributed by atoms with Gasteiger partial charge in [-0.3, -0.25) is 4.79 Å². The average Bonchev–Trinajstić information content (AvgIpc) is 2.13. The van der Waals surface area contributed by atoms with E-state index in [1.165, 1.54) is 11.8 Å². The van der Waals surface area contributed by atoms with Crippen LogP contribution in [0.2, 0.25) is 0 Å². The number of urea groups is 1. The Bertz CT molecular complexity index is 228. The van der Waals surface area contributed by atoms with Crippen molar-refractivity contribution in [1.29, 1.82) is 0 Å². The quantitative estimate of drug-likeness (QED) is 0.641. The maximum atomic E-state index is 11.4. The standard InChI is InChI=1S/C9H16N2O3/c1-4-6-11(5-2)9(14)10-7(3)8(12)13/h4,7H,1,5-6H2,2-3H3,(H,10,14)(H,12,13)/t7-/m0/s1. The number of amides is 2. The average molecular weight is 200 g/mol. The van der Waals surface area contributed by atoms with Crippen LogP contribution in [0.25, 0.3) is 0 Å². The highest BCUT2D eigenvalue weighted by atomic mass is 16.4. The molecule has 0 aromatic carbocycles. The summed E-state index contributed by atoms with van der Waals surface area (Å²) in [6, 6.07) is -1.26. The first-order valence-electron chi connectivity index (χ1n) is 4.42. The molecule has 14 heavy (non-hydrogen) atoms. The van der Waals surface area contributed by atoms with Gasteiger partial charge in [0.2, 0.25) is 0 Å². The van der Waals surface area contributed by atoms with Gasteiger partial charge in [0.25, 0.3) is 0 Å². The van der Waals surface area contributed by atoms with Crippen LogP contribution in [0.1, 0.15) is 13.8 Å². The smallest absolute Gasteiger partial charge is 0.325 e. The van der Waals surface area contributed by atoms with Gasteiger partial charge in [0.15, 0.2) is 0 Å². The topological polar surface area (TPSA) is 69.6 Å². The third-order valence-corrected chi connectivity index (χ3v) is 1.73. The molecule has 0 saturated carbocycles. The molecule has 0 aliphatic rings. The van der Waals surface area contributed by atoms with Crippen molar-refractivity contribution in [2.75, 3.05) is 13.1 Å². The van der Waals surface area contributed by atoms with Gasteiger partial charge in [-0.05, 0) is 13.8 Å². The fraction of sp³-hybridized carbons (Fsp3) is 0.556. The van der Waals surface area contributed by atoms with Gasteiger partial charge in [0, 0.05) is 13.1 Å². The summed E-state index contributed by atoms with van der Waals surface area (Å²) < 4.78 is 0. The van der Waals surface area contributed by atoms with Gasteiger partial charge in [-0.15, -0.1) is 6.58 Å². The predicted molar refractivity (Wildman–Crippen MR) is 53.1 cm³/mol. The minimum atomic E-state index is -1.05. The molecule has 5 nitrogen and oxygen atoms in total. The van der Waals surface area contributed by atoms with E-state index in [1.54, 1.807) is 6.08 Å². The summed E-state index contributed by atoms with van der Waals surface area (Å²) in [5.74, 6) is -1.05. The summed E-state index contributed by atoms with van der Waals surface area (Å²) in [6.45, 7) is 7.67. The number of aliphatic carboxylic acids is 1. The highest BCUT2D eigenvalue weighted by Gasteiger charge is 2.16. The number of nitrogens with zero attached hydrogens (tertiary/aromatic N) is 1. The van der Waals surface area contributed by atoms with Gasteiger partial charge in [-0.25, -0.2) is 4.79 Å². The molecule has 0 aromatic heterocycles. The van der Waals surface area contributed by atoms with Gasteiger partial charge in [0.1, 0.15) is 6.04 Å². The minimum absolute atomic E-state index is 0.387. The molecule has 1 atom stereocenters. The largest absolute Gasteiger partial charge is 0.480 e. The van der Waals surface area contributed by atoms with Gasteiger partial charge >= 0.3 is 12.0 Å². The molecule has 0 saturated heterocycles. The molecule has 0 aliphatic carbocycles. The van der Waals surface area contributed by atoms with Crippen LogP contribution in [-0.2, 0) is 4.79 Å². The van der Waals surface area contributed by atoms with E-state index in [2.05, 4.69) is 11.9 Å². The first-order chi connectivity index (χ1) is 6.52. The Balaban J connectivity index is 4.16. The van der Waals surface area contributed by atoms with E-state index in [-0.39, 0.29) is 6.03 Å². The van der Waals surface area contributed by atoms with Crippen LogP contribution in [0, 0.1) is 0 Å². The fourth-order valence-electron chi connectivity index (χ4n) is 0.850. The van der Waals surface area contributed by atoms with Gasteiger partial charge in [-0.1, -0.05) is 6.08 Å². The lowest BCUT2D eigenvalue weighted by molar-refractivity contribution is -0.138. The van der Waals surface area contributed by atoms with Gasteiger partial charge in [-0.2, -0.15) is 0 Å². The van der Waals surface area contributed by atoms with Crippen molar-refractivity contribution in [2.45, 2.75) is 19.9 Å². The van der Waals surface area contributed by atoms with Crippen LogP contribution in [0.15, 0.2) is 12.7 Å². The number of hydrogen-bond donors (Lipinski definition) is 2. The second-order valence-corrected chi connectivity index (χ2v) is 2.84. The van der Waals surface area contributed by atoms with E-state index in [9.17, 15) is 9.59 Å². The molecule has 0 aromatic rings. The third kappa shape index (κ3) is 3.93. The Kier molecular flexibility index (Phi) is 5.36. The number of carboxylic acid groups (broad SMARTS) is 1. The number of rotatable bonds is 5. The zero-order valence-corrected chi connectivity index (χ0v) is 8.49. The van der Waals surface area contributed by atoms with E-state index in [1.807, 2.05) is 6.92 Å². The molecular formula is C9H16N2O3. The number of nitrogens with one attached hydrogen (secondary N) is 1. The molecule has 0 heterocycles. The van der Waals surface area contributed by atoms with Crippen molar-refractivity contribution >= 4 is 12.0 Å². The van der Waals surface area contributed by atoms with Crippen molar-refractivity contribution in [3.8, 4) is 0 Å². The zero-order valence-electron chi connectivity index (χ0n) is 8.49. The molecule has 0 rings (SSSR count). The number of likely N-dealkylation sites (N-methyl/N-ethyl adjacent to an activating group) is 1. The van der Waals surface area contributed by atoms with Crippen LogP contribution < -0.4 is 5.32 Å². The lowest BCUT2D eigenvalue weighted by Gasteiger charge is -2.20. The molecule has 0 fully saturated rings. The van der Waals surface area contributed by atoms with E-state index >= 15 is 0 Å². The predicted octanol–water partition coefficient (Wildman–Crippen LogP) is 0.677. The fourth-order valence-corrected chi connectivity index (χ4v) is 0.850. The molecular weight excluding hydrogens is 184 g/mol. The highest BCUT2D eigenvalue weighted by Crippen LogP contribution is 1.91. The van der Waals surface area contributed by atoms with Crippen LogP contribution in [-0.4, -0.2) is 41.1 Å². The van der Waals surface area contributed by atoms with Gasteiger partial charge < -0.3 is 15.3 Å². The number of carbonyl (C=O) groups excluding carboxylic acids is 1. The Morgan fingerprint density at radius 2 is 2.21 bits per heavy atom. The van der Waals surface area contributed by atoms with E-state index in [4.69, 9.17) is 5.11 Å². The monoisotopic (exact) mass is 200 g/mol. The van der Waals surface area contributed by atoms with Crippen molar-refractivity contribution in [1.82, 2.24) is 10.2 Å². The van der Waals surface area contributed by atoms with Gasteiger partial charge in [0.05, 0.1) is 0 Å². The van der Waals surface area contributed by atoms with Crippen LogP contribution >= 0.6 is 0 Å². The summed E-state index contributed by atoms with van der Waals surface area (Å²) in [6.07, 6.45) is 1.59. The van der Waals surface area contributed by atoms with Crippen molar-refractivity contribution in [3.05, 3.63) is 12.7 Å². The number of carbonyl (C=O) groups is 2. The first-order valence-corrected chi connectivity index (χ1v) is 4.42. The van der Waals surface area contributed by atoms with E-state index in [0.29, 0.717) is 13.1 Å². The molecule has 0 aliphatic heterocycles. The molecule has 5 heteroatoms. The molecule has 0 radical (unpaired) electrons. The maximum Gasteiger partial charge on any atom is 0.325 e. The van der Waals surface area contributed by atoms with E-state index in [0.717, 1.165) is 0 Å². The zero-order chi connectivity index (χ0) is 11.1. The molecule has 0 unspecified atom stereocenters. The van der Waals surface area contributed by atoms with Crippen LogP contribution in [0.5, 0.6) is 0 Å². The first kappa shape index (κ1) is 12.5. The normalized spacial score (nSPS) is 11.6. The second kappa shape index (κ2) is 6.01. The summed E-state index contributed by atoms with van der Waals surface area (Å²) in [5, 5.41) is 10.9. The second-order valence-electron chi connectivity index (χ2n) is 2.84. The van der Waals surface area contributed by atoms with Crippen LogP contribution in [0.3, 0.4) is 0 Å². The molecule has 0 bridgehead atoms. The molecule has 2 N–H and O–H groups in total. The van der Waals surface area contributed by atoms with Crippen molar-refractivity contribution < 1.29 is 14.7 Å². The third-order valence-electron chi connectivity index (χ3n) is 1.73. The molecule has 0 spiro atoms. The van der Waals surface area contributed by atoms with E-state index < -0.39 is 12.0 Å². The Morgan fingerprint density at radius 1 is 1.64 bits per heavy atom. The lowest BCUT2D eigenvalue weighted by Crippen LogP contribution is -2.46. The number of carboxylic acids is 1. The molecule has 2 amide bonds. The Labute approximate surface area is 83.4 Å². The molecule has 80 valence electrons. The van der Waals surface area contributed by atoms with Crippen molar-refractivity contribution in [3.63, 3.8) is 0 Å². The summed E-state index contributed by atoms with van der Waals surface area (Å²) in [7, 11) is 0. The van der Waals surface area contributed by atoms with Crippen molar-refractivity contribution in [2.24, 2.45) is 0 Å². The maximum absolute atomic E-state index is 11.4. The lowest BCUT2D eigenvalue weighted by atomic mass is 10.3. The summed E-state index contributed by atoms with van der Waals surface area (Å²) in [4.78, 5) is 23.3. The number of hydrogen-bond acceptors (Lipinski definition) is 2. The SMILES string of the molecule is C=CCN(CC)C(=O)N[C@@H](C)C(=O)O. The highest BCUT2D eigenvalue weighted by molar-refractivity contribution is 5.82. The van der Waals surface area contributed by atoms with Crippen LogP contribution in [0.4, 0.5) is 4.79 Å². The summed E-state index contributed by atoms with van der Waals surface area (Å²) >= 11 is 0.